The largest absolute Gasteiger partial charge is 0.493 e. The van der Waals surface area contributed by atoms with Gasteiger partial charge < -0.3 is 14.8 Å². The van der Waals surface area contributed by atoms with E-state index in [9.17, 15) is 9.59 Å². The van der Waals surface area contributed by atoms with Crippen LogP contribution in [0.1, 0.15) is 48.2 Å². The summed E-state index contributed by atoms with van der Waals surface area (Å²) in [5.41, 5.74) is 3.82. The van der Waals surface area contributed by atoms with E-state index in [2.05, 4.69) is 17.2 Å². The molecule has 1 unspecified atom stereocenters. The van der Waals surface area contributed by atoms with Crippen molar-refractivity contribution in [3.05, 3.63) is 83.7 Å². The maximum absolute atomic E-state index is 12.9. The summed E-state index contributed by atoms with van der Waals surface area (Å²) >= 11 is 0. The van der Waals surface area contributed by atoms with Crippen LogP contribution in [-0.2, 0) is 11.3 Å². The second-order valence-electron chi connectivity index (χ2n) is 8.44. The summed E-state index contributed by atoms with van der Waals surface area (Å²) in [5, 5.41) is 9.15. The number of hydrazone groups is 1. The number of hydrogen-bond donors (Lipinski definition) is 1. The quantitative estimate of drug-likeness (QED) is 0.464. The minimum atomic E-state index is -0.229. The predicted octanol–water partition coefficient (Wildman–Crippen LogP) is 4.90. The molecule has 2 heterocycles. The monoisotopic (exact) mass is 486 g/mol. The summed E-state index contributed by atoms with van der Waals surface area (Å²) in [6.07, 6.45) is 4.34. The maximum Gasteiger partial charge on any atom is 0.257 e. The number of carbonyl (C=O) groups is 2. The summed E-state index contributed by atoms with van der Waals surface area (Å²) in [6, 6.07) is 16.6. The van der Waals surface area contributed by atoms with Gasteiger partial charge in [0.05, 0.1) is 31.5 Å². The number of nitrogens with zero attached hydrogens (tertiary/aromatic N) is 3. The first-order valence-electron chi connectivity index (χ1n) is 12.0. The molecule has 3 aromatic rings. The summed E-state index contributed by atoms with van der Waals surface area (Å²) in [5.74, 6) is 1.10. The smallest absolute Gasteiger partial charge is 0.257 e. The van der Waals surface area contributed by atoms with Crippen LogP contribution in [-0.4, -0.2) is 41.2 Å². The Kier molecular flexibility index (Phi) is 7.95. The van der Waals surface area contributed by atoms with Crippen molar-refractivity contribution in [2.24, 2.45) is 11.0 Å². The molecule has 1 aliphatic rings. The number of hydrogen-bond acceptors (Lipinski definition) is 6. The lowest BCUT2D eigenvalue weighted by molar-refractivity contribution is -0.133. The van der Waals surface area contributed by atoms with Gasteiger partial charge >= 0.3 is 0 Å². The highest BCUT2D eigenvalue weighted by Crippen LogP contribution is 2.32. The third-order valence-electron chi connectivity index (χ3n) is 6.04. The predicted molar refractivity (Wildman–Crippen MR) is 138 cm³/mol. The van der Waals surface area contributed by atoms with Crippen molar-refractivity contribution < 1.29 is 19.1 Å². The maximum atomic E-state index is 12.9. The van der Waals surface area contributed by atoms with Crippen LogP contribution in [0.3, 0.4) is 0 Å². The van der Waals surface area contributed by atoms with E-state index in [0.29, 0.717) is 42.3 Å². The Morgan fingerprint density at radius 3 is 2.58 bits per heavy atom. The molecule has 1 N–H and O–H groups in total. The fourth-order valence-electron chi connectivity index (χ4n) is 4.10. The fourth-order valence-corrected chi connectivity index (χ4v) is 4.10. The summed E-state index contributed by atoms with van der Waals surface area (Å²) in [4.78, 5) is 29.2. The number of benzene rings is 2. The third kappa shape index (κ3) is 5.71. The first-order chi connectivity index (χ1) is 17.5. The molecule has 8 nitrogen and oxygen atoms in total. The zero-order valence-electron chi connectivity index (χ0n) is 20.7. The van der Waals surface area contributed by atoms with Crippen LogP contribution < -0.4 is 14.8 Å². The number of aromatic nitrogens is 1. The topological polar surface area (TPSA) is 93.1 Å². The molecular weight excluding hydrogens is 456 g/mol. The van der Waals surface area contributed by atoms with E-state index < -0.39 is 0 Å². The minimum Gasteiger partial charge on any atom is -0.493 e. The van der Waals surface area contributed by atoms with E-state index in [1.54, 1.807) is 25.4 Å². The Labute approximate surface area is 210 Å². The van der Waals surface area contributed by atoms with Crippen molar-refractivity contribution >= 4 is 23.2 Å². The van der Waals surface area contributed by atoms with Crippen LogP contribution in [0.5, 0.6) is 11.5 Å². The van der Waals surface area contributed by atoms with Gasteiger partial charge in [0, 0.05) is 36.0 Å². The number of rotatable bonds is 9. The molecule has 36 heavy (non-hydrogen) atoms. The Morgan fingerprint density at radius 2 is 1.92 bits per heavy atom. The van der Waals surface area contributed by atoms with Crippen molar-refractivity contribution in [2.75, 3.05) is 19.0 Å². The molecule has 8 heteroatoms. The molecule has 0 spiro atoms. The first kappa shape index (κ1) is 24.9. The molecule has 1 atom stereocenters. The highest BCUT2D eigenvalue weighted by atomic mass is 16.5. The van der Waals surface area contributed by atoms with Gasteiger partial charge in [-0.05, 0) is 61.4 Å². The van der Waals surface area contributed by atoms with Gasteiger partial charge in [0.1, 0.15) is 0 Å². The van der Waals surface area contributed by atoms with Crippen LogP contribution in [0.2, 0.25) is 0 Å². The van der Waals surface area contributed by atoms with Crippen LogP contribution >= 0.6 is 0 Å². The number of pyridine rings is 1. The molecule has 0 radical (unpaired) electrons. The molecule has 4 rings (SSSR count). The average molecular weight is 487 g/mol. The van der Waals surface area contributed by atoms with E-state index in [1.807, 2.05) is 49.4 Å². The van der Waals surface area contributed by atoms with Gasteiger partial charge in [0.25, 0.3) is 5.91 Å². The number of anilines is 1. The molecule has 1 aliphatic heterocycles. The van der Waals surface area contributed by atoms with Crippen LogP contribution in [0.15, 0.2) is 72.1 Å². The van der Waals surface area contributed by atoms with Gasteiger partial charge in [0.15, 0.2) is 11.5 Å². The molecule has 2 amide bonds. The molecule has 186 valence electrons. The van der Waals surface area contributed by atoms with Crippen molar-refractivity contribution in [1.29, 1.82) is 0 Å². The SMILES string of the molecule is CCOc1ccc(C2=NN(Cc3ccc(NC(=O)c4cccnc4)cc3)C(=O)CC2CC)cc1OC. The zero-order chi connectivity index (χ0) is 25.5. The molecule has 0 bridgehead atoms. The van der Waals surface area contributed by atoms with Crippen molar-refractivity contribution in [1.82, 2.24) is 9.99 Å². The molecular formula is C28H30N4O4. The summed E-state index contributed by atoms with van der Waals surface area (Å²) in [6.45, 7) is 4.87. The molecule has 0 saturated heterocycles. The Hall–Kier alpha value is -4.20. The zero-order valence-corrected chi connectivity index (χ0v) is 20.7. The third-order valence-corrected chi connectivity index (χ3v) is 6.04. The van der Waals surface area contributed by atoms with Gasteiger partial charge in [-0.15, -0.1) is 0 Å². The van der Waals surface area contributed by atoms with Crippen LogP contribution in [0.25, 0.3) is 0 Å². The fraction of sp³-hybridized carbons (Fsp3) is 0.286. The second kappa shape index (κ2) is 11.5. The average Bonchev–Trinajstić information content (AvgIpc) is 2.91. The molecule has 2 aromatic carbocycles. The highest BCUT2D eigenvalue weighted by molar-refractivity contribution is 6.06. The van der Waals surface area contributed by atoms with Crippen molar-refractivity contribution in [3.8, 4) is 11.5 Å². The van der Waals surface area contributed by atoms with Crippen molar-refractivity contribution in [3.63, 3.8) is 0 Å². The lowest BCUT2D eigenvalue weighted by atomic mass is 9.89. The second-order valence-corrected chi connectivity index (χ2v) is 8.44. The van der Waals surface area contributed by atoms with Gasteiger partial charge in [-0.2, -0.15) is 5.10 Å². The molecule has 1 aromatic heterocycles. The number of methoxy groups -OCH3 is 1. The number of nitrogens with one attached hydrogen (secondary N) is 1. The standard InChI is InChI=1S/C28H30N4O4/c1-4-20-16-26(33)32(31-27(20)21-10-13-24(36-5-2)25(15-21)35-3)18-19-8-11-23(12-9-19)30-28(34)22-7-6-14-29-17-22/h6-15,17,20H,4-5,16,18H2,1-3H3,(H,30,34). The number of carbonyl (C=O) groups excluding carboxylic acids is 2. The van der Waals surface area contributed by atoms with Gasteiger partial charge in [-0.3, -0.25) is 14.6 Å². The van der Waals surface area contributed by atoms with Crippen LogP contribution in [0, 0.1) is 5.92 Å². The lowest BCUT2D eigenvalue weighted by Gasteiger charge is -2.29. The van der Waals surface area contributed by atoms with Gasteiger partial charge in [-0.1, -0.05) is 19.1 Å². The van der Waals surface area contributed by atoms with Crippen molar-refractivity contribution in [2.45, 2.75) is 33.2 Å². The van der Waals surface area contributed by atoms with Gasteiger partial charge in [0.2, 0.25) is 5.91 Å². The van der Waals surface area contributed by atoms with E-state index in [4.69, 9.17) is 14.6 Å². The molecule has 0 aliphatic carbocycles. The van der Waals surface area contributed by atoms with E-state index in [1.165, 1.54) is 11.2 Å². The van der Waals surface area contributed by atoms with E-state index >= 15 is 0 Å². The number of ether oxygens (including phenoxy) is 2. The Morgan fingerprint density at radius 1 is 1.11 bits per heavy atom. The Balaban J connectivity index is 1.52. The van der Waals surface area contributed by atoms with E-state index in [-0.39, 0.29) is 17.7 Å². The molecule has 0 saturated carbocycles. The minimum absolute atomic E-state index is 0.0162. The van der Waals surface area contributed by atoms with Crippen LogP contribution in [0.4, 0.5) is 5.69 Å². The summed E-state index contributed by atoms with van der Waals surface area (Å²) in [7, 11) is 1.61. The van der Waals surface area contributed by atoms with Gasteiger partial charge in [-0.25, -0.2) is 5.01 Å². The van der Waals surface area contributed by atoms with E-state index in [0.717, 1.165) is 23.3 Å². The number of amides is 2. The Bertz CT molecular complexity index is 1240. The normalized spacial score (nSPS) is 15.3. The highest BCUT2D eigenvalue weighted by Gasteiger charge is 2.29. The first-order valence-corrected chi connectivity index (χ1v) is 12.0. The summed E-state index contributed by atoms with van der Waals surface area (Å²) < 4.78 is 11.2. The molecule has 0 fully saturated rings. The lowest BCUT2D eigenvalue weighted by Crippen LogP contribution is -2.36.